The zero-order valence-corrected chi connectivity index (χ0v) is 15.7. The van der Waals surface area contributed by atoms with Gasteiger partial charge in [-0.25, -0.2) is 9.59 Å². The minimum atomic E-state index is -0.885. The third-order valence-corrected chi connectivity index (χ3v) is 3.73. The van der Waals surface area contributed by atoms with Crippen LogP contribution >= 0.6 is 0 Å². The summed E-state index contributed by atoms with van der Waals surface area (Å²) in [6.07, 6.45) is 3.26. The molecule has 0 fully saturated rings. The fraction of sp³-hybridized carbons (Fsp3) is 0.765. The van der Waals surface area contributed by atoms with Crippen LogP contribution in [0.2, 0.25) is 0 Å². The van der Waals surface area contributed by atoms with E-state index in [0.29, 0.717) is 38.8 Å². The molecule has 10 heteroatoms. The molecule has 0 unspecified atom stereocenters. The lowest BCUT2D eigenvalue weighted by Crippen LogP contribution is -2.34. The molecule has 27 heavy (non-hydrogen) atoms. The highest BCUT2D eigenvalue weighted by atomic mass is 16.6. The first-order valence-corrected chi connectivity index (χ1v) is 9.22. The van der Waals surface area contributed by atoms with Gasteiger partial charge in [0.25, 0.3) is 0 Å². The van der Waals surface area contributed by atoms with Crippen LogP contribution in [0.1, 0.15) is 57.8 Å². The molecule has 0 bridgehead atoms. The molecule has 0 aromatic heterocycles. The minimum absolute atomic E-state index is 0.0725. The summed E-state index contributed by atoms with van der Waals surface area (Å²) in [5.41, 5.74) is 21.9. The molecule has 2 atom stereocenters. The predicted octanol–water partition coefficient (Wildman–Crippen LogP) is -0.791. The number of hydrogen-bond acceptors (Lipinski definition) is 10. The van der Waals surface area contributed by atoms with E-state index >= 15 is 0 Å². The van der Waals surface area contributed by atoms with E-state index < -0.39 is 36.0 Å². The molecule has 0 aromatic rings. The van der Waals surface area contributed by atoms with E-state index in [-0.39, 0.29) is 19.3 Å². The quantitative estimate of drug-likeness (QED) is 0.166. The summed E-state index contributed by atoms with van der Waals surface area (Å²) in [4.78, 5) is 46.4. The Morgan fingerprint density at radius 3 is 1.33 bits per heavy atom. The van der Waals surface area contributed by atoms with E-state index in [1.165, 1.54) is 0 Å². The number of ether oxygens (including phenoxy) is 2. The fourth-order valence-corrected chi connectivity index (χ4v) is 2.11. The molecule has 0 spiro atoms. The molecule has 0 amide bonds. The molecule has 0 heterocycles. The first-order chi connectivity index (χ1) is 12.8. The van der Waals surface area contributed by atoms with Crippen LogP contribution in [0.3, 0.4) is 0 Å². The van der Waals surface area contributed by atoms with Gasteiger partial charge in [0.15, 0.2) is 0 Å². The summed E-state index contributed by atoms with van der Waals surface area (Å²) in [6.45, 7) is 0.996. The maximum absolute atomic E-state index is 11.6. The Labute approximate surface area is 159 Å². The van der Waals surface area contributed by atoms with Crippen molar-refractivity contribution in [3.05, 3.63) is 0 Å². The Morgan fingerprint density at radius 2 is 1.00 bits per heavy atom. The Morgan fingerprint density at radius 1 is 0.630 bits per heavy atom. The molecule has 0 radical (unpaired) electrons. The highest BCUT2D eigenvalue weighted by Crippen LogP contribution is 2.05. The SMILES string of the molecule is NCCCC[C@H](N)C(=O)OC(=O)CCCC(=O)OC(=O)[C@@H](N)CCCCN. The van der Waals surface area contributed by atoms with Crippen molar-refractivity contribution in [2.24, 2.45) is 22.9 Å². The number of unbranched alkanes of at least 4 members (excludes halogenated alkanes) is 2. The van der Waals surface area contributed by atoms with E-state index in [1.54, 1.807) is 0 Å². The van der Waals surface area contributed by atoms with Crippen molar-refractivity contribution in [1.82, 2.24) is 0 Å². The largest absolute Gasteiger partial charge is 0.392 e. The van der Waals surface area contributed by atoms with Crippen molar-refractivity contribution in [3.63, 3.8) is 0 Å². The van der Waals surface area contributed by atoms with E-state index in [2.05, 4.69) is 9.47 Å². The van der Waals surface area contributed by atoms with Gasteiger partial charge in [0.1, 0.15) is 12.1 Å². The van der Waals surface area contributed by atoms with Crippen molar-refractivity contribution in [3.8, 4) is 0 Å². The van der Waals surface area contributed by atoms with Crippen molar-refractivity contribution in [2.75, 3.05) is 13.1 Å². The molecular weight excluding hydrogens is 356 g/mol. The van der Waals surface area contributed by atoms with E-state index in [9.17, 15) is 19.2 Å². The third-order valence-electron chi connectivity index (χ3n) is 3.73. The normalized spacial score (nSPS) is 12.9. The second-order valence-corrected chi connectivity index (χ2v) is 6.22. The molecule has 156 valence electrons. The van der Waals surface area contributed by atoms with Gasteiger partial charge in [0.05, 0.1) is 0 Å². The monoisotopic (exact) mass is 388 g/mol. The van der Waals surface area contributed by atoms with E-state index in [0.717, 1.165) is 12.8 Å². The van der Waals surface area contributed by atoms with Crippen LogP contribution in [0.25, 0.3) is 0 Å². The Bertz CT molecular complexity index is 444. The fourth-order valence-electron chi connectivity index (χ4n) is 2.11. The first-order valence-electron chi connectivity index (χ1n) is 9.22. The molecule has 0 aliphatic heterocycles. The summed E-state index contributed by atoms with van der Waals surface area (Å²) in [7, 11) is 0. The van der Waals surface area contributed by atoms with Crippen molar-refractivity contribution in [2.45, 2.75) is 69.9 Å². The first kappa shape index (κ1) is 25.1. The average molecular weight is 388 g/mol. The van der Waals surface area contributed by atoms with Gasteiger partial charge in [-0.05, 0) is 45.2 Å². The number of rotatable bonds is 14. The molecular formula is C17H32N4O6. The van der Waals surface area contributed by atoms with Crippen molar-refractivity contribution >= 4 is 23.9 Å². The van der Waals surface area contributed by atoms with Crippen molar-refractivity contribution < 1.29 is 28.7 Å². The predicted molar refractivity (Wildman–Crippen MR) is 97.8 cm³/mol. The average Bonchev–Trinajstić information content (AvgIpc) is 2.61. The number of carbonyl (C=O) groups is 4. The molecule has 0 saturated carbocycles. The van der Waals surface area contributed by atoms with E-state index in [1.807, 2.05) is 0 Å². The van der Waals surface area contributed by atoms with E-state index in [4.69, 9.17) is 22.9 Å². The summed E-state index contributed by atoms with van der Waals surface area (Å²) in [6, 6.07) is -1.77. The molecule has 0 rings (SSSR count). The van der Waals surface area contributed by atoms with Crippen LogP contribution in [0.15, 0.2) is 0 Å². The zero-order valence-electron chi connectivity index (χ0n) is 15.7. The van der Waals surface area contributed by atoms with Gasteiger partial charge >= 0.3 is 23.9 Å². The number of carbonyl (C=O) groups excluding carboxylic acids is 4. The molecule has 0 aliphatic rings. The second kappa shape index (κ2) is 15.2. The maximum Gasteiger partial charge on any atom is 0.330 e. The highest BCUT2D eigenvalue weighted by molar-refractivity contribution is 5.89. The van der Waals surface area contributed by atoms with Crippen LogP contribution in [-0.2, 0) is 28.7 Å². The van der Waals surface area contributed by atoms with Crippen LogP contribution in [0, 0.1) is 0 Å². The van der Waals surface area contributed by atoms with Crippen LogP contribution in [0.4, 0.5) is 0 Å². The van der Waals surface area contributed by atoms with Gasteiger partial charge in [-0.1, -0.05) is 12.8 Å². The van der Waals surface area contributed by atoms with Crippen LogP contribution < -0.4 is 22.9 Å². The van der Waals surface area contributed by atoms with Gasteiger partial charge in [0, 0.05) is 12.8 Å². The summed E-state index contributed by atoms with van der Waals surface area (Å²) in [5.74, 6) is -3.18. The second-order valence-electron chi connectivity index (χ2n) is 6.22. The lowest BCUT2D eigenvalue weighted by Gasteiger charge is -2.10. The minimum Gasteiger partial charge on any atom is -0.392 e. The highest BCUT2D eigenvalue weighted by Gasteiger charge is 2.20. The smallest absolute Gasteiger partial charge is 0.330 e. The number of esters is 4. The van der Waals surface area contributed by atoms with Gasteiger partial charge < -0.3 is 32.4 Å². The van der Waals surface area contributed by atoms with Crippen LogP contribution in [0.5, 0.6) is 0 Å². The standard InChI is InChI=1S/C17H32N4O6/c18-10-3-1-6-12(20)16(24)26-14(22)8-5-9-15(23)27-17(25)13(21)7-2-4-11-19/h12-13H,1-11,18-21H2/t12-,13-/m0/s1. The third kappa shape index (κ3) is 13.0. The maximum atomic E-state index is 11.6. The molecule has 0 aromatic carbocycles. The van der Waals surface area contributed by atoms with Gasteiger partial charge in [-0.15, -0.1) is 0 Å². The molecule has 0 saturated heterocycles. The Balaban J connectivity index is 3.97. The summed E-state index contributed by atoms with van der Waals surface area (Å²) in [5, 5.41) is 0. The van der Waals surface area contributed by atoms with Crippen molar-refractivity contribution in [1.29, 1.82) is 0 Å². The Kier molecular flexibility index (Phi) is 14.1. The molecule has 0 aliphatic carbocycles. The van der Waals surface area contributed by atoms with Gasteiger partial charge in [-0.3, -0.25) is 9.59 Å². The lowest BCUT2D eigenvalue weighted by molar-refractivity contribution is -0.160. The van der Waals surface area contributed by atoms with Crippen LogP contribution in [-0.4, -0.2) is 49.1 Å². The summed E-state index contributed by atoms with van der Waals surface area (Å²) >= 11 is 0. The number of hydrogen-bond donors (Lipinski definition) is 4. The summed E-state index contributed by atoms with van der Waals surface area (Å²) < 4.78 is 9.23. The topological polar surface area (TPSA) is 191 Å². The Hall–Kier alpha value is -1.88. The molecule has 10 nitrogen and oxygen atoms in total. The molecule has 8 N–H and O–H groups in total. The van der Waals surface area contributed by atoms with Gasteiger partial charge in [0.2, 0.25) is 0 Å². The number of nitrogens with two attached hydrogens (primary N) is 4. The van der Waals surface area contributed by atoms with Gasteiger partial charge in [-0.2, -0.15) is 0 Å². The zero-order chi connectivity index (χ0) is 20.7. The lowest BCUT2D eigenvalue weighted by atomic mass is 10.1.